The summed E-state index contributed by atoms with van der Waals surface area (Å²) in [5.74, 6) is 0.395. The fraction of sp³-hybridized carbons (Fsp3) is 0.462. The van der Waals surface area contributed by atoms with Gasteiger partial charge >= 0.3 is 0 Å². The molecule has 5 rings (SSSR count). The first-order valence-electron chi connectivity index (χ1n) is 11.1. The van der Waals surface area contributed by atoms with Crippen molar-refractivity contribution in [3.05, 3.63) is 70.8 Å². The molecule has 3 aliphatic rings. The van der Waals surface area contributed by atoms with Gasteiger partial charge in [0.05, 0.1) is 0 Å². The summed E-state index contributed by atoms with van der Waals surface area (Å²) in [6.45, 7) is 8.89. The van der Waals surface area contributed by atoms with Crippen LogP contribution in [-0.2, 0) is 12.8 Å². The third-order valence-corrected chi connectivity index (χ3v) is 15.2. The van der Waals surface area contributed by atoms with Crippen LogP contribution in [-0.4, -0.2) is 19.7 Å². The Labute approximate surface area is 197 Å². The molecule has 0 saturated carbocycles. The van der Waals surface area contributed by atoms with Gasteiger partial charge < -0.3 is 0 Å². The van der Waals surface area contributed by atoms with Gasteiger partial charge in [-0.2, -0.15) is 0 Å². The molecule has 0 unspecified atom stereocenters. The third-order valence-electron chi connectivity index (χ3n) is 8.00. The van der Waals surface area contributed by atoms with E-state index in [1.165, 1.54) is 0 Å². The van der Waals surface area contributed by atoms with Gasteiger partial charge in [-0.3, -0.25) is 9.59 Å². The average Bonchev–Trinajstić information content (AvgIpc) is 3.21. The molecule has 2 nitrogen and oxygen atoms in total. The summed E-state index contributed by atoms with van der Waals surface area (Å²) in [7, 11) is 3.36. The van der Waals surface area contributed by atoms with Crippen LogP contribution in [0.1, 0.15) is 72.4 Å². The Balaban J connectivity index is 1.68. The summed E-state index contributed by atoms with van der Waals surface area (Å²) in [5, 5.41) is 0. The zero-order valence-electron chi connectivity index (χ0n) is 18.5. The van der Waals surface area contributed by atoms with Crippen molar-refractivity contribution in [3.63, 3.8) is 0 Å². The first kappa shape index (κ1) is 21.7. The Bertz CT molecular complexity index is 1010. The molecule has 0 N–H and O–H groups in total. The molecule has 1 aliphatic heterocycles. The van der Waals surface area contributed by atoms with Crippen molar-refractivity contribution in [2.75, 3.05) is 0 Å². The molecule has 1 fully saturated rings. The lowest BCUT2D eigenvalue weighted by Crippen LogP contribution is -2.56. The summed E-state index contributed by atoms with van der Waals surface area (Å²) in [6, 6.07) is 16.1. The smallest absolute Gasteiger partial charge is 0.190 e. The molecule has 2 aliphatic carbocycles. The summed E-state index contributed by atoms with van der Waals surface area (Å²) in [4.78, 5) is 28.3. The van der Waals surface area contributed by atoms with Crippen LogP contribution in [0.3, 0.4) is 0 Å². The van der Waals surface area contributed by atoms with Gasteiger partial charge in [-0.05, 0) is 36.8 Å². The number of hydrogen-bond donors (Lipinski definition) is 0. The van der Waals surface area contributed by atoms with Gasteiger partial charge in [-0.15, -0.1) is 11.8 Å². The van der Waals surface area contributed by atoms with Crippen molar-refractivity contribution in [2.45, 2.75) is 61.5 Å². The van der Waals surface area contributed by atoms with Crippen LogP contribution in [0.25, 0.3) is 0 Å². The summed E-state index contributed by atoms with van der Waals surface area (Å²) < 4.78 is -1.31. The minimum atomic E-state index is -0.654. The van der Waals surface area contributed by atoms with Crippen LogP contribution in [0.5, 0.6) is 0 Å². The SMILES string of the molecule is CC[C@]1(C)Cc2ccccc2C(=O)[C@@]12SS[C@@]1(S2)C(=O)c2ccccc2C[C@@]1(C)CC. The third kappa shape index (κ3) is 2.69. The second-order valence-corrected chi connectivity index (χ2v) is 14.2. The van der Waals surface area contributed by atoms with E-state index >= 15 is 0 Å². The maximum atomic E-state index is 14.1. The number of rotatable bonds is 2. The topological polar surface area (TPSA) is 34.1 Å². The van der Waals surface area contributed by atoms with Crippen LogP contribution in [0.4, 0.5) is 0 Å². The molecule has 0 aromatic heterocycles. The van der Waals surface area contributed by atoms with Gasteiger partial charge in [0.1, 0.15) is 8.16 Å². The second kappa shape index (κ2) is 7.16. The van der Waals surface area contributed by atoms with Gasteiger partial charge in [0.15, 0.2) is 11.6 Å². The number of carbonyl (C=O) groups is 2. The Kier molecular flexibility index (Phi) is 5.01. The molecule has 0 amide bonds. The van der Waals surface area contributed by atoms with Crippen molar-refractivity contribution in [3.8, 4) is 0 Å². The second-order valence-electron chi connectivity index (χ2n) is 9.66. The van der Waals surface area contributed by atoms with Gasteiger partial charge in [0, 0.05) is 22.0 Å². The molecule has 1 heterocycles. The molecule has 2 aromatic carbocycles. The number of benzene rings is 2. The Morgan fingerprint density at radius 3 is 1.48 bits per heavy atom. The Morgan fingerprint density at radius 2 is 1.10 bits per heavy atom. The number of fused-ring (bicyclic) bond motifs is 2. The Hall–Kier alpha value is -1.17. The van der Waals surface area contributed by atoms with E-state index in [0.29, 0.717) is 0 Å². The molecule has 1 saturated heterocycles. The lowest BCUT2D eigenvalue weighted by molar-refractivity contribution is 0.0870. The molecule has 0 radical (unpaired) electrons. The maximum absolute atomic E-state index is 14.1. The first-order chi connectivity index (χ1) is 14.8. The Morgan fingerprint density at radius 1 is 0.710 bits per heavy atom. The van der Waals surface area contributed by atoms with Crippen LogP contribution >= 0.6 is 33.3 Å². The molecule has 2 aromatic rings. The van der Waals surface area contributed by atoms with E-state index in [2.05, 4.69) is 39.8 Å². The van der Waals surface area contributed by atoms with Crippen LogP contribution < -0.4 is 0 Å². The van der Waals surface area contributed by atoms with Gasteiger partial charge in [-0.25, -0.2) is 0 Å². The lowest BCUT2D eigenvalue weighted by Gasteiger charge is -2.51. The standard InChI is InChI=1S/C26H28O2S3/c1-5-23(3)15-17-11-7-9-13-19(17)21(27)25(23)29-26(31-30-25)22(28)20-14-10-8-12-18(20)16-24(26,4)6-2/h7-14H,5-6,15-16H2,1-4H3/t23-,24-,25-,26+/m1/s1. The van der Waals surface area contributed by atoms with E-state index < -0.39 is 8.16 Å². The number of carbonyl (C=O) groups excluding carboxylic acids is 2. The molecule has 2 spiro atoms. The van der Waals surface area contributed by atoms with Crippen LogP contribution in [0, 0.1) is 10.8 Å². The highest BCUT2D eigenvalue weighted by atomic mass is 33.1. The number of Topliss-reactive ketones (excluding diaryl/α,β-unsaturated/α-hetero) is 2. The van der Waals surface area contributed by atoms with Crippen LogP contribution in [0.15, 0.2) is 48.5 Å². The largest absolute Gasteiger partial charge is 0.292 e. The number of ketones is 2. The number of thioether (sulfide) groups is 1. The number of hydrogen-bond acceptors (Lipinski definition) is 5. The van der Waals surface area contributed by atoms with E-state index in [0.717, 1.165) is 47.9 Å². The zero-order chi connectivity index (χ0) is 22.1. The predicted molar refractivity (Wildman–Crippen MR) is 134 cm³/mol. The lowest BCUT2D eigenvalue weighted by atomic mass is 9.69. The quantitative estimate of drug-likeness (QED) is 0.435. The van der Waals surface area contributed by atoms with E-state index in [1.54, 1.807) is 33.3 Å². The van der Waals surface area contributed by atoms with E-state index in [9.17, 15) is 9.59 Å². The predicted octanol–water partition coefficient (Wildman–Crippen LogP) is 7.22. The van der Waals surface area contributed by atoms with Crippen molar-refractivity contribution in [1.82, 2.24) is 0 Å². The summed E-state index contributed by atoms with van der Waals surface area (Å²) >= 11 is 1.69. The van der Waals surface area contributed by atoms with Crippen molar-refractivity contribution in [2.24, 2.45) is 10.8 Å². The monoisotopic (exact) mass is 468 g/mol. The van der Waals surface area contributed by atoms with Gasteiger partial charge in [0.2, 0.25) is 0 Å². The minimum Gasteiger partial charge on any atom is -0.292 e. The van der Waals surface area contributed by atoms with Crippen LogP contribution in [0.2, 0.25) is 0 Å². The molecule has 5 heteroatoms. The highest BCUT2D eigenvalue weighted by Gasteiger charge is 2.71. The van der Waals surface area contributed by atoms with Crippen molar-refractivity contribution < 1.29 is 9.59 Å². The molecule has 162 valence electrons. The average molecular weight is 469 g/mol. The van der Waals surface area contributed by atoms with Crippen molar-refractivity contribution in [1.29, 1.82) is 0 Å². The molecule has 0 bridgehead atoms. The zero-order valence-corrected chi connectivity index (χ0v) is 20.9. The van der Waals surface area contributed by atoms with Crippen molar-refractivity contribution >= 4 is 44.9 Å². The van der Waals surface area contributed by atoms with E-state index in [4.69, 9.17) is 0 Å². The summed E-state index contributed by atoms with van der Waals surface area (Å²) in [6.07, 6.45) is 3.54. The van der Waals surface area contributed by atoms with E-state index in [1.807, 2.05) is 36.4 Å². The molecular weight excluding hydrogens is 440 g/mol. The fourth-order valence-electron chi connectivity index (χ4n) is 5.45. The van der Waals surface area contributed by atoms with Gasteiger partial charge in [0.25, 0.3) is 0 Å². The van der Waals surface area contributed by atoms with E-state index in [-0.39, 0.29) is 22.4 Å². The normalized spacial score (nSPS) is 36.6. The first-order valence-corrected chi connectivity index (χ1v) is 14.0. The molecular formula is C26H28O2S3. The maximum Gasteiger partial charge on any atom is 0.190 e. The molecule has 4 atom stereocenters. The summed E-state index contributed by atoms with van der Waals surface area (Å²) in [5.41, 5.74) is 3.55. The fourth-order valence-corrected chi connectivity index (χ4v) is 13.4. The van der Waals surface area contributed by atoms with Gasteiger partial charge in [-0.1, -0.05) is 97.8 Å². The molecule has 31 heavy (non-hydrogen) atoms. The highest BCUT2D eigenvalue weighted by Crippen LogP contribution is 2.78. The highest BCUT2D eigenvalue weighted by molar-refractivity contribution is 8.84. The minimum absolute atomic E-state index is 0.197.